The fourth-order valence-electron chi connectivity index (χ4n) is 1.06. The molecule has 0 unspecified atom stereocenters. The average molecular weight is 292 g/mol. The fourth-order valence-corrected chi connectivity index (χ4v) is 1.06. The SMILES string of the molecule is O=C(NO)c1ccc2ocnc2c1.O=C(O)C(F)(F)F. The molecule has 0 bridgehead atoms. The van der Waals surface area contributed by atoms with Crippen LogP contribution in [0.1, 0.15) is 10.4 Å². The molecule has 10 heteroatoms. The largest absolute Gasteiger partial charge is 0.490 e. The number of nitrogens with zero attached hydrogens (tertiary/aromatic N) is 1. The number of hydrogen-bond acceptors (Lipinski definition) is 5. The van der Waals surface area contributed by atoms with Gasteiger partial charge in [0, 0.05) is 5.56 Å². The van der Waals surface area contributed by atoms with Crippen molar-refractivity contribution < 1.29 is 37.5 Å². The van der Waals surface area contributed by atoms with E-state index in [0.29, 0.717) is 16.7 Å². The van der Waals surface area contributed by atoms with Crippen molar-refractivity contribution in [3.63, 3.8) is 0 Å². The van der Waals surface area contributed by atoms with E-state index < -0.39 is 18.1 Å². The smallest absolute Gasteiger partial charge is 0.475 e. The Hall–Kier alpha value is -2.62. The Kier molecular flexibility index (Phi) is 4.64. The Morgan fingerprint density at radius 1 is 1.30 bits per heavy atom. The Morgan fingerprint density at radius 2 is 1.90 bits per heavy atom. The second kappa shape index (κ2) is 6.02. The molecule has 1 aromatic carbocycles. The number of fused-ring (bicyclic) bond motifs is 1. The first kappa shape index (κ1) is 15.4. The number of oxazole rings is 1. The van der Waals surface area contributed by atoms with Gasteiger partial charge in [0.25, 0.3) is 5.91 Å². The highest BCUT2D eigenvalue weighted by Crippen LogP contribution is 2.14. The molecule has 0 aliphatic carbocycles. The van der Waals surface area contributed by atoms with Crippen molar-refractivity contribution in [3.05, 3.63) is 30.2 Å². The van der Waals surface area contributed by atoms with Crippen LogP contribution in [0.5, 0.6) is 0 Å². The molecule has 7 nitrogen and oxygen atoms in total. The van der Waals surface area contributed by atoms with Gasteiger partial charge in [0.15, 0.2) is 12.0 Å². The van der Waals surface area contributed by atoms with Gasteiger partial charge in [-0.25, -0.2) is 15.3 Å². The lowest BCUT2D eigenvalue weighted by molar-refractivity contribution is -0.192. The zero-order valence-electron chi connectivity index (χ0n) is 9.51. The van der Waals surface area contributed by atoms with Gasteiger partial charge < -0.3 is 9.52 Å². The van der Waals surface area contributed by atoms with Gasteiger partial charge in [0.2, 0.25) is 0 Å². The molecule has 1 amide bonds. The summed E-state index contributed by atoms with van der Waals surface area (Å²) in [5, 5.41) is 15.5. The van der Waals surface area contributed by atoms with E-state index in [1.165, 1.54) is 12.5 Å². The minimum Gasteiger partial charge on any atom is -0.475 e. The number of amides is 1. The summed E-state index contributed by atoms with van der Waals surface area (Å²) in [5.41, 5.74) is 3.07. The maximum absolute atomic E-state index is 11.0. The van der Waals surface area contributed by atoms with Crippen molar-refractivity contribution in [2.45, 2.75) is 6.18 Å². The number of carbonyl (C=O) groups is 2. The minimum absolute atomic E-state index is 0.337. The number of rotatable bonds is 1. The van der Waals surface area contributed by atoms with Crippen LogP contribution in [0, 0.1) is 0 Å². The summed E-state index contributed by atoms with van der Waals surface area (Å²) in [5.74, 6) is -3.32. The number of carboxylic acid groups (broad SMARTS) is 1. The molecule has 2 aromatic rings. The molecule has 1 heterocycles. The third-order valence-corrected chi connectivity index (χ3v) is 1.94. The van der Waals surface area contributed by atoms with Crippen LogP contribution in [0.15, 0.2) is 29.0 Å². The quantitative estimate of drug-likeness (QED) is 0.543. The van der Waals surface area contributed by atoms with E-state index >= 15 is 0 Å². The van der Waals surface area contributed by atoms with Crippen LogP contribution < -0.4 is 5.48 Å². The van der Waals surface area contributed by atoms with Gasteiger partial charge in [-0.3, -0.25) is 10.0 Å². The number of hydroxylamine groups is 1. The number of nitrogens with one attached hydrogen (secondary N) is 1. The second-order valence-corrected chi connectivity index (χ2v) is 3.28. The van der Waals surface area contributed by atoms with Crippen molar-refractivity contribution in [1.82, 2.24) is 10.5 Å². The molecule has 0 saturated heterocycles. The first-order chi connectivity index (χ1) is 9.25. The van der Waals surface area contributed by atoms with E-state index in [-0.39, 0.29) is 0 Å². The van der Waals surface area contributed by atoms with E-state index in [1.54, 1.807) is 17.6 Å². The first-order valence-electron chi connectivity index (χ1n) is 4.83. The van der Waals surface area contributed by atoms with E-state index in [9.17, 15) is 18.0 Å². The Labute approximate surface area is 108 Å². The molecule has 3 N–H and O–H groups in total. The highest BCUT2D eigenvalue weighted by Gasteiger charge is 2.38. The average Bonchev–Trinajstić information content (AvgIpc) is 2.84. The monoisotopic (exact) mass is 292 g/mol. The number of carboxylic acids is 1. The summed E-state index contributed by atoms with van der Waals surface area (Å²) in [6.07, 6.45) is -3.79. The number of aliphatic carboxylic acids is 1. The molecule has 1 aromatic heterocycles. The molecular formula is C10H7F3N2O5. The summed E-state index contributed by atoms with van der Waals surface area (Å²) >= 11 is 0. The van der Waals surface area contributed by atoms with Crippen LogP contribution in [-0.4, -0.2) is 33.4 Å². The van der Waals surface area contributed by atoms with Gasteiger partial charge in [-0.05, 0) is 18.2 Å². The number of aromatic nitrogens is 1. The summed E-state index contributed by atoms with van der Waals surface area (Å²) in [6, 6.07) is 4.69. The van der Waals surface area contributed by atoms with Crippen LogP contribution in [0.25, 0.3) is 11.1 Å². The number of carbonyl (C=O) groups excluding carboxylic acids is 1. The van der Waals surface area contributed by atoms with Crippen molar-refractivity contribution in [3.8, 4) is 0 Å². The predicted molar refractivity (Wildman–Crippen MR) is 57.0 cm³/mol. The minimum atomic E-state index is -5.08. The Bertz CT molecular complexity index is 623. The molecule has 20 heavy (non-hydrogen) atoms. The highest BCUT2D eigenvalue weighted by atomic mass is 19.4. The Morgan fingerprint density at radius 3 is 2.40 bits per heavy atom. The van der Waals surface area contributed by atoms with Crippen molar-refractivity contribution in [2.24, 2.45) is 0 Å². The van der Waals surface area contributed by atoms with Crippen LogP contribution in [0.4, 0.5) is 13.2 Å². The molecule has 2 rings (SSSR count). The number of hydrogen-bond donors (Lipinski definition) is 3. The molecule has 0 spiro atoms. The lowest BCUT2D eigenvalue weighted by Crippen LogP contribution is -2.21. The van der Waals surface area contributed by atoms with Gasteiger partial charge in [-0.15, -0.1) is 0 Å². The molecule has 0 fully saturated rings. The summed E-state index contributed by atoms with van der Waals surface area (Å²) in [6.45, 7) is 0. The fraction of sp³-hybridized carbons (Fsp3) is 0.100. The predicted octanol–water partition coefficient (Wildman–Crippen LogP) is 1.58. The van der Waals surface area contributed by atoms with Gasteiger partial charge in [-0.1, -0.05) is 0 Å². The van der Waals surface area contributed by atoms with Gasteiger partial charge >= 0.3 is 12.1 Å². The first-order valence-corrected chi connectivity index (χ1v) is 4.83. The topological polar surface area (TPSA) is 113 Å². The molecule has 0 saturated carbocycles. The van der Waals surface area contributed by atoms with Crippen molar-refractivity contribution >= 4 is 23.0 Å². The molecule has 0 aliphatic rings. The number of halogens is 3. The zero-order chi connectivity index (χ0) is 15.3. The maximum Gasteiger partial charge on any atom is 0.490 e. The van der Waals surface area contributed by atoms with Crippen LogP contribution in [-0.2, 0) is 4.79 Å². The lowest BCUT2D eigenvalue weighted by Gasteiger charge is -1.96. The maximum atomic E-state index is 11.0. The van der Waals surface area contributed by atoms with E-state index in [1.807, 2.05) is 0 Å². The van der Waals surface area contributed by atoms with Crippen LogP contribution >= 0.6 is 0 Å². The van der Waals surface area contributed by atoms with Gasteiger partial charge in [-0.2, -0.15) is 13.2 Å². The lowest BCUT2D eigenvalue weighted by atomic mass is 10.2. The highest BCUT2D eigenvalue weighted by molar-refractivity contribution is 5.96. The normalized spacial score (nSPS) is 10.6. The van der Waals surface area contributed by atoms with Crippen molar-refractivity contribution in [2.75, 3.05) is 0 Å². The molecule has 0 atom stereocenters. The third-order valence-electron chi connectivity index (χ3n) is 1.94. The van der Waals surface area contributed by atoms with Gasteiger partial charge in [0.1, 0.15) is 5.52 Å². The summed E-state index contributed by atoms with van der Waals surface area (Å²) < 4.78 is 36.7. The number of benzene rings is 1. The summed E-state index contributed by atoms with van der Waals surface area (Å²) in [4.78, 5) is 23.7. The standard InChI is InChI=1S/C8H6N2O3.C2HF3O2/c11-8(10-12)5-1-2-7-6(3-5)9-4-13-7;3-2(4,5)1(6)7/h1-4,12H,(H,10,11);(H,6,7). The van der Waals surface area contributed by atoms with Crippen molar-refractivity contribution in [1.29, 1.82) is 0 Å². The van der Waals surface area contributed by atoms with E-state index in [0.717, 1.165) is 0 Å². The third kappa shape index (κ3) is 3.95. The second-order valence-electron chi connectivity index (χ2n) is 3.28. The van der Waals surface area contributed by atoms with Crippen LogP contribution in [0.3, 0.4) is 0 Å². The molecule has 0 aliphatic heterocycles. The molecular weight excluding hydrogens is 285 g/mol. The van der Waals surface area contributed by atoms with Gasteiger partial charge in [0.05, 0.1) is 0 Å². The molecule has 108 valence electrons. The zero-order valence-corrected chi connectivity index (χ0v) is 9.51. The van der Waals surface area contributed by atoms with E-state index in [4.69, 9.17) is 19.5 Å². The molecule has 0 radical (unpaired) electrons. The number of alkyl halides is 3. The summed E-state index contributed by atoms with van der Waals surface area (Å²) in [7, 11) is 0. The van der Waals surface area contributed by atoms with Crippen LogP contribution in [0.2, 0.25) is 0 Å². The van der Waals surface area contributed by atoms with E-state index in [2.05, 4.69) is 4.98 Å². The Balaban J connectivity index is 0.000000246.